The lowest BCUT2D eigenvalue weighted by Crippen LogP contribution is -2.51. The average Bonchev–Trinajstić information content (AvgIpc) is 2.46. The number of piperidine rings is 1. The van der Waals surface area contributed by atoms with Crippen LogP contribution in [-0.2, 0) is 14.8 Å². The number of carbonyl (C=O) groups is 1. The number of hydrogen-bond donors (Lipinski definition) is 1. The van der Waals surface area contributed by atoms with E-state index in [0.717, 1.165) is 4.31 Å². The molecule has 2 unspecified atom stereocenters. The molecule has 2 rings (SSSR count). The van der Waals surface area contributed by atoms with E-state index in [4.69, 9.17) is 4.74 Å². The predicted molar refractivity (Wildman–Crippen MR) is 76.7 cm³/mol. The van der Waals surface area contributed by atoms with Crippen LogP contribution in [0.2, 0.25) is 0 Å². The molecule has 2 atom stereocenters. The van der Waals surface area contributed by atoms with Gasteiger partial charge in [0.05, 0.1) is 7.11 Å². The fraction of sp³-hybridized carbons (Fsp3) is 0.500. The number of nitrogens with zero attached hydrogens (tertiary/aromatic N) is 1. The first-order valence-electron chi connectivity index (χ1n) is 6.77. The highest BCUT2D eigenvalue weighted by Crippen LogP contribution is 2.32. The predicted octanol–water partition coefficient (Wildman–Crippen LogP) is 1.57. The molecule has 1 N–H and O–H groups in total. The summed E-state index contributed by atoms with van der Waals surface area (Å²) in [4.78, 5) is 11.5. The zero-order valence-corrected chi connectivity index (χ0v) is 12.8. The van der Waals surface area contributed by atoms with Crippen molar-refractivity contribution in [3.8, 4) is 5.75 Å². The number of carboxylic acid groups (broad SMARTS) is 1. The zero-order valence-electron chi connectivity index (χ0n) is 12.0. The van der Waals surface area contributed by atoms with Crippen LogP contribution in [-0.4, -0.2) is 43.5 Å². The first-order valence-corrected chi connectivity index (χ1v) is 8.21. The van der Waals surface area contributed by atoms with Crippen molar-refractivity contribution in [2.45, 2.75) is 30.7 Å². The van der Waals surface area contributed by atoms with Gasteiger partial charge in [0.1, 0.15) is 16.7 Å². The molecule has 0 radical (unpaired) electrons. The van der Waals surface area contributed by atoms with Gasteiger partial charge >= 0.3 is 5.97 Å². The maximum Gasteiger partial charge on any atom is 0.322 e. The molecule has 0 aliphatic carbocycles. The molecule has 0 spiro atoms. The van der Waals surface area contributed by atoms with Gasteiger partial charge in [0.15, 0.2) is 0 Å². The molecule has 1 aliphatic heterocycles. The Hall–Kier alpha value is -1.60. The first-order chi connectivity index (χ1) is 9.89. The molecule has 21 heavy (non-hydrogen) atoms. The van der Waals surface area contributed by atoms with Crippen LogP contribution in [0.5, 0.6) is 5.75 Å². The van der Waals surface area contributed by atoms with Crippen molar-refractivity contribution in [2.75, 3.05) is 13.7 Å². The van der Waals surface area contributed by atoms with Crippen LogP contribution in [0.3, 0.4) is 0 Å². The van der Waals surface area contributed by atoms with Crippen LogP contribution in [0.15, 0.2) is 29.2 Å². The Morgan fingerprint density at radius 2 is 2.05 bits per heavy atom. The minimum absolute atomic E-state index is 0.00727. The van der Waals surface area contributed by atoms with Gasteiger partial charge in [-0.2, -0.15) is 4.31 Å². The van der Waals surface area contributed by atoms with E-state index in [9.17, 15) is 18.3 Å². The fourth-order valence-electron chi connectivity index (χ4n) is 2.74. The first kappa shape index (κ1) is 15.8. The van der Waals surface area contributed by atoms with E-state index < -0.39 is 22.0 Å². The van der Waals surface area contributed by atoms with Crippen molar-refractivity contribution in [3.05, 3.63) is 24.3 Å². The lowest BCUT2D eigenvalue weighted by Gasteiger charge is -2.36. The van der Waals surface area contributed by atoms with E-state index >= 15 is 0 Å². The number of hydrogen-bond acceptors (Lipinski definition) is 4. The molecule has 6 nitrogen and oxygen atoms in total. The summed E-state index contributed by atoms with van der Waals surface area (Å²) >= 11 is 0. The van der Waals surface area contributed by atoms with E-state index in [1.165, 1.54) is 13.2 Å². The lowest BCUT2D eigenvalue weighted by molar-refractivity contribution is -0.144. The second kappa shape index (κ2) is 6.03. The van der Waals surface area contributed by atoms with Gasteiger partial charge in [0.25, 0.3) is 0 Å². The third-order valence-electron chi connectivity index (χ3n) is 3.80. The summed E-state index contributed by atoms with van der Waals surface area (Å²) in [6.45, 7) is 1.98. The molecule has 7 heteroatoms. The molecular weight excluding hydrogens is 294 g/mol. The second-order valence-electron chi connectivity index (χ2n) is 5.17. The third-order valence-corrected chi connectivity index (χ3v) is 5.72. The molecule has 0 aromatic heterocycles. The topological polar surface area (TPSA) is 83.9 Å². The van der Waals surface area contributed by atoms with Crippen molar-refractivity contribution in [2.24, 2.45) is 5.92 Å². The van der Waals surface area contributed by atoms with Gasteiger partial charge in [-0.3, -0.25) is 4.79 Å². The van der Waals surface area contributed by atoms with Crippen molar-refractivity contribution in [1.29, 1.82) is 0 Å². The highest BCUT2D eigenvalue weighted by molar-refractivity contribution is 7.89. The largest absolute Gasteiger partial charge is 0.495 e. The van der Waals surface area contributed by atoms with Crippen molar-refractivity contribution in [3.63, 3.8) is 0 Å². The molecule has 0 bridgehead atoms. The number of sulfonamides is 1. The molecule has 0 saturated carbocycles. The number of para-hydroxylation sites is 1. The summed E-state index contributed by atoms with van der Waals surface area (Å²) in [6, 6.07) is 5.22. The number of ether oxygens (including phenoxy) is 1. The second-order valence-corrected chi connectivity index (χ2v) is 7.03. The highest BCUT2D eigenvalue weighted by Gasteiger charge is 2.42. The maximum absolute atomic E-state index is 12.8. The Kier molecular flexibility index (Phi) is 4.53. The number of aliphatic carboxylic acids is 1. The van der Waals surface area contributed by atoms with Crippen LogP contribution in [0.4, 0.5) is 0 Å². The van der Waals surface area contributed by atoms with Gasteiger partial charge in [0.2, 0.25) is 10.0 Å². The highest BCUT2D eigenvalue weighted by atomic mass is 32.2. The summed E-state index contributed by atoms with van der Waals surface area (Å²) in [5, 5.41) is 9.38. The quantitative estimate of drug-likeness (QED) is 0.912. The Labute approximate surface area is 124 Å². The van der Waals surface area contributed by atoms with Crippen LogP contribution in [0, 0.1) is 5.92 Å². The van der Waals surface area contributed by atoms with Crippen molar-refractivity contribution in [1.82, 2.24) is 4.31 Å². The summed E-state index contributed by atoms with van der Waals surface area (Å²) < 4.78 is 31.8. The van der Waals surface area contributed by atoms with E-state index in [-0.39, 0.29) is 23.1 Å². The number of methoxy groups -OCH3 is 1. The molecular formula is C14H19NO5S. The lowest BCUT2D eigenvalue weighted by atomic mass is 9.93. The Morgan fingerprint density at radius 1 is 1.38 bits per heavy atom. The zero-order chi connectivity index (χ0) is 15.6. The van der Waals surface area contributed by atoms with Gasteiger partial charge < -0.3 is 9.84 Å². The fourth-order valence-corrected chi connectivity index (χ4v) is 4.62. The van der Waals surface area contributed by atoms with Crippen LogP contribution >= 0.6 is 0 Å². The molecule has 1 aromatic rings. The molecule has 116 valence electrons. The molecule has 1 heterocycles. The van der Waals surface area contributed by atoms with E-state index in [2.05, 4.69) is 0 Å². The van der Waals surface area contributed by atoms with Gasteiger partial charge in [-0.1, -0.05) is 19.1 Å². The van der Waals surface area contributed by atoms with Crippen LogP contribution < -0.4 is 4.74 Å². The Morgan fingerprint density at radius 3 is 2.67 bits per heavy atom. The monoisotopic (exact) mass is 313 g/mol. The van der Waals surface area contributed by atoms with Crippen LogP contribution in [0.1, 0.15) is 19.8 Å². The third kappa shape index (κ3) is 2.89. The smallest absolute Gasteiger partial charge is 0.322 e. The molecule has 1 aromatic carbocycles. The van der Waals surface area contributed by atoms with Gasteiger partial charge in [0, 0.05) is 6.54 Å². The molecule has 1 saturated heterocycles. The normalized spacial score (nSPS) is 23.7. The van der Waals surface area contributed by atoms with Gasteiger partial charge in [-0.25, -0.2) is 8.42 Å². The minimum Gasteiger partial charge on any atom is -0.495 e. The average molecular weight is 313 g/mol. The maximum atomic E-state index is 12.8. The SMILES string of the molecule is COc1ccccc1S(=O)(=O)N1CCCC(C)C1C(=O)O. The number of benzene rings is 1. The van der Waals surface area contributed by atoms with E-state index in [0.29, 0.717) is 12.8 Å². The van der Waals surface area contributed by atoms with Crippen molar-refractivity contribution >= 4 is 16.0 Å². The standard InChI is InChI=1S/C14H19NO5S/c1-10-6-5-9-15(13(10)14(16)17)21(18,19)12-8-4-3-7-11(12)20-2/h3-4,7-8,10,13H,5-6,9H2,1-2H3,(H,16,17). The number of rotatable bonds is 4. The number of carboxylic acids is 1. The summed E-state index contributed by atoms with van der Waals surface area (Å²) in [5.41, 5.74) is 0. The van der Waals surface area contributed by atoms with Gasteiger partial charge in [-0.15, -0.1) is 0 Å². The van der Waals surface area contributed by atoms with E-state index in [1.807, 2.05) is 0 Å². The molecule has 1 fully saturated rings. The Bertz CT molecular complexity index is 628. The Balaban J connectivity index is 2.49. The molecule has 1 aliphatic rings. The summed E-state index contributed by atoms with van der Waals surface area (Å²) in [7, 11) is -2.51. The minimum atomic E-state index is -3.90. The summed E-state index contributed by atoms with van der Waals surface area (Å²) in [6.07, 6.45) is 1.36. The van der Waals surface area contributed by atoms with Gasteiger partial charge in [-0.05, 0) is 30.9 Å². The summed E-state index contributed by atoms with van der Waals surface area (Å²) in [5.74, 6) is -1.11. The molecule has 0 amide bonds. The van der Waals surface area contributed by atoms with Crippen LogP contribution in [0.25, 0.3) is 0 Å². The van der Waals surface area contributed by atoms with Crippen molar-refractivity contribution < 1.29 is 23.1 Å². The van der Waals surface area contributed by atoms with E-state index in [1.54, 1.807) is 25.1 Å².